The quantitative estimate of drug-likeness (QED) is 0.803. The molecule has 1 spiro atoms. The number of ether oxygens (including phenoxy) is 1. The molecule has 0 bridgehead atoms. The molecule has 2 N–H and O–H groups in total. The zero-order valence-electron chi connectivity index (χ0n) is 16.2. The molecule has 0 saturated carbocycles. The van der Waals surface area contributed by atoms with Gasteiger partial charge < -0.3 is 14.7 Å². The van der Waals surface area contributed by atoms with Crippen LogP contribution in [0.3, 0.4) is 0 Å². The molecule has 2 atom stereocenters. The first-order chi connectivity index (χ1) is 12.8. The van der Waals surface area contributed by atoms with Crippen LogP contribution in [0.1, 0.15) is 56.9 Å². The summed E-state index contributed by atoms with van der Waals surface area (Å²) in [6, 6.07) is 3.61. The number of aromatic amines is 1. The van der Waals surface area contributed by atoms with Crippen molar-refractivity contribution in [1.29, 1.82) is 0 Å². The van der Waals surface area contributed by atoms with Crippen LogP contribution in [-0.4, -0.2) is 62.0 Å². The Morgan fingerprint density at radius 2 is 2.07 bits per heavy atom. The monoisotopic (exact) mass is 372 g/mol. The van der Waals surface area contributed by atoms with Gasteiger partial charge in [-0.2, -0.15) is 5.10 Å². The van der Waals surface area contributed by atoms with Crippen molar-refractivity contribution < 1.29 is 14.6 Å². The molecule has 4 rings (SSSR count). The van der Waals surface area contributed by atoms with Crippen molar-refractivity contribution in [2.75, 3.05) is 13.1 Å². The Kier molecular flexibility index (Phi) is 4.47. The van der Waals surface area contributed by atoms with E-state index in [9.17, 15) is 9.90 Å². The summed E-state index contributed by atoms with van der Waals surface area (Å²) in [7, 11) is 0. The van der Waals surface area contributed by atoms with Crippen molar-refractivity contribution in [2.24, 2.45) is 5.41 Å². The lowest BCUT2D eigenvalue weighted by atomic mass is 9.76. The van der Waals surface area contributed by atoms with Crippen LogP contribution in [0.5, 0.6) is 0 Å². The Morgan fingerprint density at radius 3 is 2.78 bits per heavy atom. The van der Waals surface area contributed by atoms with E-state index in [1.54, 1.807) is 12.3 Å². The van der Waals surface area contributed by atoms with Crippen LogP contribution >= 0.6 is 0 Å². The highest BCUT2D eigenvalue weighted by Crippen LogP contribution is 2.42. The van der Waals surface area contributed by atoms with Gasteiger partial charge in [-0.3, -0.25) is 9.89 Å². The lowest BCUT2D eigenvalue weighted by Gasteiger charge is -2.50. The minimum absolute atomic E-state index is 0.00917. The number of hydrogen-bond donors (Lipinski definition) is 2. The van der Waals surface area contributed by atoms with Gasteiger partial charge in [0, 0.05) is 31.3 Å². The number of carbonyl (C=O) groups excluding carboxylic acids is 1. The second kappa shape index (κ2) is 6.56. The van der Waals surface area contributed by atoms with Crippen molar-refractivity contribution >= 4 is 16.9 Å². The summed E-state index contributed by atoms with van der Waals surface area (Å²) < 4.78 is 6.50. The molecule has 2 saturated heterocycles. The fourth-order valence-electron chi connectivity index (χ4n) is 4.24. The number of likely N-dealkylation sites (tertiary alicyclic amines) is 1. The first-order valence-electron chi connectivity index (χ1n) is 9.71. The third kappa shape index (κ3) is 3.58. The summed E-state index contributed by atoms with van der Waals surface area (Å²) >= 11 is 0. The molecule has 0 aromatic carbocycles. The number of nitrogens with one attached hydrogen (secondary N) is 1. The maximum Gasteiger partial charge on any atom is 0.272 e. The normalized spacial score (nSPS) is 25.9. The molecular formula is C20H28N4O3. The topological polar surface area (TPSA) is 91.3 Å². The van der Waals surface area contributed by atoms with E-state index in [4.69, 9.17) is 4.74 Å². The van der Waals surface area contributed by atoms with Crippen LogP contribution in [0.15, 0.2) is 18.3 Å². The molecule has 2 aromatic rings. The van der Waals surface area contributed by atoms with Gasteiger partial charge in [0.15, 0.2) is 5.65 Å². The van der Waals surface area contributed by atoms with Crippen LogP contribution in [0.25, 0.3) is 11.0 Å². The third-order valence-corrected chi connectivity index (χ3v) is 5.93. The zero-order chi connectivity index (χ0) is 19.2. The summed E-state index contributed by atoms with van der Waals surface area (Å²) in [5.74, 6) is -0.0647. The van der Waals surface area contributed by atoms with Gasteiger partial charge in [0.1, 0.15) is 5.69 Å². The second-order valence-electron chi connectivity index (χ2n) is 9.05. The van der Waals surface area contributed by atoms with Crippen LogP contribution in [-0.2, 0) is 4.74 Å². The average molecular weight is 372 g/mol. The highest BCUT2D eigenvalue weighted by molar-refractivity contribution is 5.94. The minimum Gasteiger partial charge on any atom is -0.393 e. The number of nitrogens with zero attached hydrogens (tertiary/aromatic N) is 3. The van der Waals surface area contributed by atoms with Gasteiger partial charge in [-0.15, -0.1) is 0 Å². The van der Waals surface area contributed by atoms with E-state index < -0.39 is 0 Å². The van der Waals surface area contributed by atoms with Gasteiger partial charge in [-0.05, 0) is 30.4 Å². The minimum atomic E-state index is -0.338. The number of rotatable bonds is 1. The predicted octanol–water partition coefficient (Wildman–Crippen LogP) is 2.52. The van der Waals surface area contributed by atoms with Gasteiger partial charge in [0.25, 0.3) is 5.91 Å². The molecule has 0 aliphatic carbocycles. The molecule has 27 heavy (non-hydrogen) atoms. The number of piperidine rings is 1. The maximum absolute atomic E-state index is 12.9. The van der Waals surface area contributed by atoms with Crippen molar-refractivity contribution in [3.63, 3.8) is 0 Å². The van der Waals surface area contributed by atoms with Gasteiger partial charge in [-0.1, -0.05) is 20.8 Å². The van der Waals surface area contributed by atoms with Crippen LogP contribution in [0.4, 0.5) is 0 Å². The lowest BCUT2D eigenvalue weighted by Crippen LogP contribution is -2.55. The standard InChI is InChI=1S/C20H28N4O3/c1-19(2,3)16-10-14(25)11-20(27-16)6-8-24(9-7-20)18(26)15-5-4-13-12-21-23-17(13)22-15/h4-5,12,14,16,25H,6-11H2,1-3H3,(H,21,22,23)/t14-,16-/m1/s1. The molecule has 2 aromatic heterocycles. The molecule has 2 aliphatic rings. The molecule has 146 valence electrons. The van der Waals surface area contributed by atoms with Crippen LogP contribution in [0, 0.1) is 5.41 Å². The molecule has 4 heterocycles. The zero-order valence-corrected chi connectivity index (χ0v) is 16.2. The average Bonchev–Trinajstić information content (AvgIpc) is 3.08. The highest BCUT2D eigenvalue weighted by Gasteiger charge is 2.46. The van der Waals surface area contributed by atoms with Crippen molar-refractivity contribution in [3.8, 4) is 0 Å². The van der Waals surface area contributed by atoms with E-state index in [-0.39, 0.29) is 29.1 Å². The Morgan fingerprint density at radius 1 is 1.33 bits per heavy atom. The molecule has 2 fully saturated rings. The highest BCUT2D eigenvalue weighted by atomic mass is 16.5. The van der Waals surface area contributed by atoms with Crippen molar-refractivity contribution in [3.05, 3.63) is 24.0 Å². The van der Waals surface area contributed by atoms with Gasteiger partial charge in [-0.25, -0.2) is 4.98 Å². The van der Waals surface area contributed by atoms with Gasteiger partial charge >= 0.3 is 0 Å². The lowest BCUT2D eigenvalue weighted by molar-refractivity contribution is -0.205. The van der Waals surface area contributed by atoms with Crippen molar-refractivity contribution in [2.45, 2.75) is 64.3 Å². The van der Waals surface area contributed by atoms with E-state index in [0.29, 0.717) is 37.3 Å². The first kappa shape index (κ1) is 18.4. The predicted molar refractivity (Wildman–Crippen MR) is 101 cm³/mol. The smallest absolute Gasteiger partial charge is 0.272 e. The van der Waals surface area contributed by atoms with Crippen molar-refractivity contribution in [1.82, 2.24) is 20.1 Å². The van der Waals surface area contributed by atoms with Crippen LogP contribution in [0.2, 0.25) is 0 Å². The molecule has 7 nitrogen and oxygen atoms in total. The number of carbonyl (C=O) groups is 1. The summed E-state index contributed by atoms with van der Waals surface area (Å²) in [6.07, 6.45) is 4.21. The summed E-state index contributed by atoms with van der Waals surface area (Å²) in [5, 5.41) is 18.1. The SMILES string of the molecule is CC(C)(C)[C@H]1C[C@@H](O)CC2(CCN(C(=O)c3ccc4cn[nH]c4n3)CC2)O1. The molecule has 7 heteroatoms. The molecular weight excluding hydrogens is 344 g/mol. The molecule has 0 unspecified atom stereocenters. The Balaban J connectivity index is 1.45. The number of H-pyrrole nitrogens is 1. The molecule has 0 radical (unpaired) electrons. The largest absolute Gasteiger partial charge is 0.393 e. The number of aliphatic hydroxyl groups is 1. The number of hydrogen-bond acceptors (Lipinski definition) is 5. The number of pyridine rings is 1. The Labute approximate surface area is 159 Å². The van der Waals surface area contributed by atoms with Gasteiger partial charge in [0.2, 0.25) is 0 Å². The third-order valence-electron chi connectivity index (χ3n) is 5.93. The number of aliphatic hydroxyl groups excluding tert-OH is 1. The first-order valence-corrected chi connectivity index (χ1v) is 9.71. The number of fused-ring (bicyclic) bond motifs is 1. The maximum atomic E-state index is 12.9. The summed E-state index contributed by atoms with van der Waals surface area (Å²) in [4.78, 5) is 19.1. The number of aromatic nitrogens is 3. The summed E-state index contributed by atoms with van der Waals surface area (Å²) in [5.41, 5.74) is 0.721. The Hall–Kier alpha value is -1.99. The fourth-order valence-corrected chi connectivity index (χ4v) is 4.24. The van der Waals surface area contributed by atoms with E-state index >= 15 is 0 Å². The fraction of sp³-hybridized carbons (Fsp3) is 0.650. The van der Waals surface area contributed by atoms with Gasteiger partial charge in [0.05, 0.1) is 24.0 Å². The van der Waals surface area contributed by atoms with E-state index in [1.807, 2.05) is 11.0 Å². The summed E-state index contributed by atoms with van der Waals surface area (Å²) in [6.45, 7) is 7.69. The molecule has 1 amide bonds. The Bertz CT molecular complexity index is 833. The van der Waals surface area contributed by atoms with Crippen LogP contribution < -0.4 is 0 Å². The van der Waals surface area contributed by atoms with E-state index in [0.717, 1.165) is 18.2 Å². The second-order valence-corrected chi connectivity index (χ2v) is 9.05. The van der Waals surface area contributed by atoms with E-state index in [2.05, 4.69) is 36.0 Å². The van der Waals surface area contributed by atoms with E-state index in [1.165, 1.54) is 0 Å². The number of amides is 1. The molecule has 2 aliphatic heterocycles.